The number of aromatic hydroxyl groups is 4. The van der Waals surface area contributed by atoms with Crippen LogP contribution >= 0.6 is 0 Å². The number of nitrogens with zero attached hydrogens (tertiary/aromatic N) is 6. The summed E-state index contributed by atoms with van der Waals surface area (Å²) in [6.07, 6.45) is 7.72. The second-order valence-electron chi connectivity index (χ2n) is 21.7. The van der Waals surface area contributed by atoms with E-state index in [-0.39, 0.29) is 17.1 Å². The highest BCUT2D eigenvalue weighted by atomic mass is 16.3. The normalized spacial score (nSPS) is 10.3. The quantitative estimate of drug-likeness (QED) is 0.0533. The first-order valence-electron chi connectivity index (χ1n) is 32.1. The number of carbonyl (C=O) groups is 6. The molecule has 106 heavy (non-hydrogen) atoms. The molecule has 4 heterocycles. The number of hydrogen-bond acceptors (Lipinski definition) is 10. The van der Waals surface area contributed by atoms with E-state index in [0.29, 0.717) is 66.7 Å². The van der Waals surface area contributed by atoms with E-state index in [1.165, 1.54) is 33.8 Å². The molecule has 0 spiro atoms. The average Bonchev–Trinajstić information content (AvgIpc) is 1.58. The number of benzene rings is 4. The summed E-state index contributed by atoms with van der Waals surface area (Å²) in [7, 11) is 0. The first-order chi connectivity index (χ1) is 51.4. The molecule has 0 aliphatic carbocycles. The van der Waals surface area contributed by atoms with Gasteiger partial charge in [0.25, 0.3) is 23.6 Å². The molecule has 6 amide bonds. The Labute approximate surface area is 608 Å². The fourth-order valence-corrected chi connectivity index (χ4v) is 10.7. The van der Waals surface area contributed by atoms with E-state index >= 15 is 0 Å². The lowest BCUT2D eigenvalue weighted by molar-refractivity contribution is -0.121. The first-order valence-corrected chi connectivity index (χ1v) is 32.1. The van der Waals surface area contributed by atoms with Crippen LogP contribution in [0.5, 0.6) is 23.5 Å². The molecule has 0 atom stereocenters. The number of hydrogen-bond donors (Lipinski definition) is 4. The summed E-state index contributed by atoms with van der Waals surface area (Å²) >= 11 is 0. The summed E-state index contributed by atoms with van der Waals surface area (Å²) in [5.74, 6) is -6.24. The van der Waals surface area contributed by atoms with Crippen molar-refractivity contribution in [1.82, 2.24) is 9.13 Å². The third kappa shape index (κ3) is 19.3. The van der Waals surface area contributed by atoms with Gasteiger partial charge in [-0.1, -0.05) is 82.0 Å². The fourth-order valence-electron chi connectivity index (χ4n) is 10.7. The molecule has 0 radical (unpaired) electrons. The van der Waals surface area contributed by atoms with Gasteiger partial charge in [0.05, 0.1) is 22.7 Å². The molecule has 16 nitrogen and oxygen atoms in total. The van der Waals surface area contributed by atoms with Gasteiger partial charge in [-0.15, -0.1) is 0 Å². The van der Waals surface area contributed by atoms with Gasteiger partial charge in [0, 0.05) is 142 Å². The van der Waals surface area contributed by atoms with E-state index in [1.807, 2.05) is 52.0 Å². The lowest BCUT2D eigenvalue weighted by Gasteiger charge is -2.29. The van der Waals surface area contributed by atoms with Crippen molar-refractivity contribution in [3.05, 3.63) is 361 Å². The van der Waals surface area contributed by atoms with Crippen LogP contribution in [0.2, 0.25) is 0 Å². The Morgan fingerprint density at radius 3 is 0.972 bits per heavy atom. The van der Waals surface area contributed by atoms with Crippen molar-refractivity contribution < 1.29 is 49.2 Å². The number of amides is 6. The van der Waals surface area contributed by atoms with Crippen LogP contribution < -0.4 is 19.6 Å². The number of rotatable bonds is 16. The maximum absolute atomic E-state index is 14.3. The topological polar surface area (TPSA) is 206 Å². The summed E-state index contributed by atoms with van der Waals surface area (Å²) in [5.41, 5.74) is 92.7. The Hall–Kier alpha value is -16.4. The molecule has 4 N–H and O–H groups in total. The van der Waals surface area contributed by atoms with Gasteiger partial charge in [0.2, 0.25) is 35.3 Å². The highest BCUT2D eigenvalue weighted by molar-refractivity contribution is 6.29. The predicted molar refractivity (Wildman–Crippen MR) is 392 cm³/mol. The molecule has 2 aliphatic rings. The van der Waals surface area contributed by atoms with Crippen LogP contribution in [0.1, 0.15) is 86.1 Å². The number of aromatic nitrogens is 2. The zero-order valence-corrected chi connectivity index (χ0v) is 57.8. The smallest absolute Gasteiger partial charge is 0.258 e. The van der Waals surface area contributed by atoms with Gasteiger partial charge in [-0.2, -0.15) is 0 Å². The zero-order chi connectivity index (χ0) is 75.9. The largest absolute Gasteiger partial charge is 0.494 e. The summed E-state index contributed by atoms with van der Waals surface area (Å²) < 4.78 is 2.24. The maximum Gasteiger partial charge on any atom is 0.258 e. The SMILES string of the molecule is C=C=C=C=C=C=C=C=C=C=C=C=C=C=C=C=C=C=C=C=C=C=C=C=C=C=C=C=C=C=C=C=C=C=C=C(N(C(C)=O)c1cc(O)n(-c2ccc(Cc3ccc(N4C(=O)C=CC4=O)cc3)cc2)c1O)N(C(C)=O)c1cc(O)n(-c2c(CC)cc(Cc3cc(CC)c(N4C(=O)C=CC4=O)c(CC)c3)cc2CC)c1O. The van der Waals surface area contributed by atoms with Crippen molar-refractivity contribution in [3.63, 3.8) is 0 Å². The van der Waals surface area contributed by atoms with E-state index in [1.54, 1.807) is 48.5 Å². The van der Waals surface area contributed by atoms with Crippen molar-refractivity contribution in [1.29, 1.82) is 0 Å². The molecule has 0 unspecified atom stereocenters. The molecule has 8 rings (SSSR count). The fraction of sp³-hybridized carbons (Fsp3) is 0.133. The Balaban J connectivity index is 1.19. The van der Waals surface area contributed by atoms with Gasteiger partial charge in [-0.05, 0) is 211 Å². The Morgan fingerprint density at radius 1 is 0.358 bits per heavy atom. The molecule has 4 aromatic carbocycles. The van der Waals surface area contributed by atoms with E-state index in [2.05, 4.69) is 201 Å². The monoisotopic (exact) mass is 1380 g/mol. The minimum Gasteiger partial charge on any atom is -0.494 e. The van der Waals surface area contributed by atoms with Gasteiger partial charge < -0.3 is 20.4 Å². The molecule has 2 aromatic heterocycles. The number of anilines is 4. The van der Waals surface area contributed by atoms with Crippen LogP contribution in [0, 0.1) is 0 Å². The second-order valence-corrected chi connectivity index (χ2v) is 21.7. The zero-order valence-electron chi connectivity index (χ0n) is 57.8. The minimum absolute atomic E-state index is 0.248. The number of imide groups is 2. The third-order valence-corrected chi connectivity index (χ3v) is 15.1. The van der Waals surface area contributed by atoms with Crippen molar-refractivity contribution >= 4 is 58.2 Å². The molecule has 2 aliphatic heterocycles. The lowest BCUT2D eigenvalue weighted by atomic mass is 9.92. The third-order valence-electron chi connectivity index (χ3n) is 15.1. The van der Waals surface area contributed by atoms with Gasteiger partial charge in [0.15, 0.2) is 5.82 Å². The van der Waals surface area contributed by atoms with Gasteiger partial charge in [-0.3, -0.25) is 38.6 Å². The predicted octanol–water partition coefficient (Wildman–Crippen LogP) is 13.5. The van der Waals surface area contributed by atoms with Crippen LogP contribution in [-0.4, -0.2) is 65.0 Å². The van der Waals surface area contributed by atoms with Crippen molar-refractivity contribution in [2.45, 2.75) is 80.1 Å². The molecular weight excluding hydrogens is 1330 g/mol. The second kappa shape index (κ2) is 37.5. The molecular formula is C90H54N6O10. The standard InChI is InChI=1S/C90H54N6O10/c1-8-13-14-15-16-17-18-19-20-21-22-23-24-25-26-27-28-29-30-31-32-33-34-35-36-37-38-39-40-41-42-43-44-45-80(91(66(6)97)78-64-85(103)94(89(78)105)77-52-48-69(49-53-77)58-68-46-50-76(51-47-68)93-81(99)54-55-82(93)100)92(67(7)98)79-65-86(104)96(90(79)106)88-74(11-4)62-71(63-75(88)12-5)59-70-60-72(9-2)87(73(10-3)61-70)95-83(101)56-57-84(95)102/h46-57,60-65,103-106H,1,9-12,58-59H2,2-7H3. The summed E-state index contributed by atoms with van der Waals surface area (Å²) in [6.45, 7) is 13.3. The molecule has 504 valence electrons. The summed E-state index contributed by atoms with van der Waals surface area (Å²) in [6, 6.07) is 23.7. The Bertz CT molecular complexity index is 6240. The van der Waals surface area contributed by atoms with Crippen LogP contribution in [0.25, 0.3) is 11.4 Å². The van der Waals surface area contributed by atoms with E-state index in [4.69, 9.17) is 0 Å². The molecule has 16 heteroatoms. The highest BCUT2D eigenvalue weighted by Gasteiger charge is 2.36. The first kappa shape index (κ1) is 75.4. The maximum atomic E-state index is 14.3. The summed E-state index contributed by atoms with van der Waals surface area (Å²) in [5, 5.41) is 48.3. The number of carbonyl (C=O) groups excluding carboxylic acids is 6. The minimum atomic E-state index is -0.843. The van der Waals surface area contributed by atoms with Crippen LogP contribution in [-0.2, 0) is 67.3 Å². The van der Waals surface area contributed by atoms with Crippen molar-refractivity contribution in [3.8, 4) is 34.9 Å². The van der Waals surface area contributed by atoms with E-state index in [0.717, 1.165) is 78.6 Å². The van der Waals surface area contributed by atoms with Crippen LogP contribution in [0.4, 0.5) is 22.7 Å². The van der Waals surface area contributed by atoms with Crippen molar-refractivity contribution in [2.75, 3.05) is 19.6 Å². The highest BCUT2D eigenvalue weighted by Crippen LogP contribution is 2.45. The molecule has 0 saturated carbocycles. The van der Waals surface area contributed by atoms with Gasteiger partial charge in [0.1, 0.15) is 11.4 Å². The molecule has 0 bridgehead atoms. The van der Waals surface area contributed by atoms with Crippen LogP contribution in [0.3, 0.4) is 0 Å². The molecule has 0 fully saturated rings. The van der Waals surface area contributed by atoms with Gasteiger partial charge >= 0.3 is 0 Å². The van der Waals surface area contributed by atoms with E-state index in [9.17, 15) is 49.2 Å². The molecule has 0 saturated heterocycles. The van der Waals surface area contributed by atoms with Gasteiger partial charge in [-0.25, -0.2) is 18.9 Å². The Morgan fingerprint density at radius 2 is 0.642 bits per heavy atom. The van der Waals surface area contributed by atoms with Crippen molar-refractivity contribution in [2.24, 2.45) is 0 Å². The number of aryl methyl sites for hydroxylation is 4. The van der Waals surface area contributed by atoms with Crippen LogP contribution in [0.15, 0.2) is 316 Å². The van der Waals surface area contributed by atoms with E-state index < -0.39 is 64.8 Å². The Kier molecular flexibility index (Phi) is 26.7. The lowest BCUT2D eigenvalue weighted by Crippen LogP contribution is -2.40. The summed E-state index contributed by atoms with van der Waals surface area (Å²) in [4.78, 5) is 82.8. The average molecular weight is 1380 g/mol. The molecule has 6 aromatic rings.